The predicted octanol–water partition coefficient (Wildman–Crippen LogP) is 13.1. The smallest absolute Gasteiger partial charge is 0.164 e. The fourth-order valence-corrected chi connectivity index (χ4v) is 8.82. The van der Waals surface area contributed by atoms with Crippen molar-refractivity contribution in [2.75, 3.05) is 0 Å². The third-order valence-corrected chi connectivity index (χ3v) is 11.6. The average molecular weight is 769 g/mol. The van der Waals surface area contributed by atoms with Gasteiger partial charge in [0.2, 0.25) is 0 Å². The monoisotopic (exact) mass is 768 g/mol. The first-order valence-electron chi connectivity index (χ1n) is 20.1. The Hall–Kier alpha value is -8.02. The Morgan fingerprint density at radius 3 is 1.63 bits per heavy atom. The molecule has 1 aliphatic heterocycles. The first kappa shape index (κ1) is 35.2. The third kappa shape index (κ3) is 5.95. The van der Waals surface area contributed by atoms with E-state index in [-0.39, 0.29) is 0 Å². The molecule has 11 rings (SSSR count). The van der Waals surface area contributed by atoms with Crippen molar-refractivity contribution in [1.29, 1.82) is 0 Å². The lowest BCUT2D eigenvalue weighted by Gasteiger charge is -2.32. The molecule has 0 saturated carbocycles. The van der Waals surface area contributed by atoms with E-state index in [0.29, 0.717) is 17.5 Å². The Bertz CT molecular complexity index is 3120. The number of aromatic nitrogens is 4. The minimum atomic E-state index is -0.756. The third-order valence-electron chi connectivity index (χ3n) is 11.6. The number of nitrogens with zero attached hydrogens (tertiary/aromatic N) is 4. The van der Waals surface area contributed by atoms with Gasteiger partial charge in [0.1, 0.15) is 5.75 Å². The second-order valence-electron chi connectivity index (χ2n) is 15.0. The topological polar surface area (TPSA) is 60.8 Å². The number of rotatable bonds is 5. The lowest BCUT2D eigenvalue weighted by atomic mass is 9.71. The van der Waals surface area contributed by atoms with E-state index in [0.717, 1.165) is 83.4 Å². The van der Waals surface area contributed by atoms with E-state index in [1.165, 1.54) is 0 Å². The molecular formula is C55H36N4O. The van der Waals surface area contributed by atoms with Crippen LogP contribution in [-0.4, -0.2) is 19.9 Å². The van der Waals surface area contributed by atoms with Gasteiger partial charge in [0, 0.05) is 39.4 Å². The average Bonchev–Trinajstić information content (AvgIpc) is 3.60. The molecule has 7 aromatic carbocycles. The molecule has 0 bridgehead atoms. The molecule has 0 saturated heterocycles. The summed E-state index contributed by atoms with van der Waals surface area (Å²) in [6.07, 6.45) is 14.1. The number of hydrogen-bond donors (Lipinski definition) is 0. The highest BCUT2D eigenvalue weighted by atomic mass is 16.5. The van der Waals surface area contributed by atoms with Crippen LogP contribution in [0.3, 0.4) is 0 Å². The molecule has 5 nitrogen and oxygen atoms in total. The quantitative estimate of drug-likeness (QED) is 0.174. The van der Waals surface area contributed by atoms with E-state index in [1.54, 1.807) is 6.26 Å². The number of hydrogen-bond acceptors (Lipinski definition) is 5. The van der Waals surface area contributed by atoms with E-state index in [1.807, 2.05) is 91.1 Å². The number of pyridine rings is 1. The van der Waals surface area contributed by atoms with Crippen molar-refractivity contribution in [1.82, 2.24) is 19.9 Å². The molecule has 0 amide bonds. The van der Waals surface area contributed by atoms with Crippen LogP contribution in [0.25, 0.3) is 78.4 Å². The van der Waals surface area contributed by atoms with Crippen LogP contribution in [0.15, 0.2) is 219 Å². The minimum Gasteiger partial charge on any atom is -0.465 e. The summed E-state index contributed by atoms with van der Waals surface area (Å²) in [5.74, 6) is 2.62. The maximum Gasteiger partial charge on any atom is 0.164 e. The molecule has 0 fully saturated rings. The van der Waals surface area contributed by atoms with E-state index in [2.05, 4.69) is 121 Å². The second-order valence-corrected chi connectivity index (χ2v) is 15.0. The van der Waals surface area contributed by atoms with Crippen molar-refractivity contribution in [3.8, 4) is 73.3 Å². The maximum atomic E-state index is 6.44. The van der Waals surface area contributed by atoms with Crippen molar-refractivity contribution in [2.24, 2.45) is 0 Å². The summed E-state index contributed by atoms with van der Waals surface area (Å²) in [4.78, 5) is 20.2. The molecule has 1 aliphatic carbocycles. The van der Waals surface area contributed by atoms with Crippen molar-refractivity contribution in [3.63, 3.8) is 0 Å². The molecule has 1 unspecified atom stereocenters. The molecular weight excluding hydrogens is 733 g/mol. The lowest BCUT2D eigenvalue weighted by Crippen LogP contribution is -2.25. The highest BCUT2D eigenvalue weighted by Gasteiger charge is 2.45. The van der Waals surface area contributed by atoms with E-state index >= 15 is 0 Å². The Morgan fingerprint density at radius 1 is 0.383 bits per heavy atom. The van der Waals surface area contributed by atoms with Crippen molar-refractivity contribution in [3.05, 3.63) is 235 Å². The van der Waals surface area contributed by atoms with Crippen LogP contribution in [0.5, 0.6) is 5.75 Å². The van der Waals surface area contributed by atoms with Gasteiger partial charge in [-0.25, -0.2) is 15.0 Å². The lowest BCUT2D eigenvalue weighted by molar-refractivity contribution is 0.469. The van der Waals surface area contributed by atoms with Gasteiger partial charge in [-0.3, -0.25) is 4.98 Å². The molecule has 1 spiro atoms. The molecule has 0 radical (unpaired) electrons. The van der Waals surface area contributed by atoms with Gasteiger partial charge >= 0.3 is 0 Å². The van der Waals surface area contributed by atoms with Crippen molar-refractivity contribution >= 4 is 10.9 Å². The summed E-state index contributed by atoms with van der Waals surface area (Å²) in [7, 11) is 0. The number of allylic oxidation sites excluding steroid dienone is 5. The summed E-state index contributed by atoms with van der Waals surface area (Å²) >= 11 is 0. The van der Waals surface area contributed by atoms with Gasteiger partial charge in [0.15, 0.2) is 17.5 Å². The molecule has 0 N–H and O–H groups in total. The summed E-state index contributed by atoms with van der Waals surface area (Å²) in [6.45, 7) is 0. The zero-order valence-electron chi connectivity index (χ0n) is 32.5. The van der Waals surface area contributed by atoms with E-state index < -0.39 is 5.41 Å². The van der Waals surface area contributed by atoms with Gasteiger partial charge in [-0.2, -0.15) is 0 Å². The summed E-state index contributed by atoms with van der Waals surface area (Å²) in [5, 5.41) is 1.11. The van der Waals surface area contributed by atoms with Crippen LogP contribution in [-0.2, 0) is 5.41 Å². The van der Waals surface area contributed by atoms with Gasteiger partial charge in [-0.05, 0) is 69.3 Å². The van der Waals surface area contributed by atoms with Gasteiger partial charge < -0.3 is 4.74 Å². The largest absolute Gasteiger partial charge is 0.465 e. The second kappa shape index (κ2) is 14.7. The van der Waals surface area contributed by atoms with Crippen molar-refractivity contribution in [2.45, 2.75) is 5.41 Å². The van der Waals surface area contributed by atoms with Gasteiger partial charge in [-0.1, -0.05) is 176 Å². The van der Waals surface area contributed by atoms with E-state index in [9.17, 15) is 0 Å². The number of para-hydroxylation sites is 1. The van der Waals surface area contributed by atoms with Gasteiger partial charge in [0.25, 0.3) is 0 Å². The number of fused-ring (bicyclic) bond motifs is 8. The molecule has 60 heavy (non-hydrogen) atoms. The van der Waals surface area contributed by atoms with Crippen LogP contribution in [0.2, 0.25) is 0 Å². The first-order chi connectivity index (χ1) is 29.7. The highest BCUT2D eigenvalue weighted by molar-refractivity contribution is 6.03. The fraction of sp³-hybridized carbons (Fsp3) is 0.0182. The SMILES string of the molecule is C1=C\C=C\C2(c3ccccc3O/C=C/1)c1cc(-c3nc(-c4ccccc4)nc(-c4ccccc4)n3)ccc1-c1ccc(-c3ccc(-c4ccccc4)c4cccnc34)cc12. The van der Waals surface area contributed by atoms with Crippen LogP contribution in [0.4, 0.5) is 0 Å². The standard InChI is InChI=1S/C55H36N4O/c1-2-15-34-60-50-25-13-12-24-47(50)55(32-14-1)48-35-40(43-31-30-42(37-17-6-3-7-18-37)46-23-16-33-56-51(43)46)26-28-44(48)45-29-27-41(36-49(45)55)54-58-52(38-19-8-4-9-20-38)57-53(59-54)39-21-10-5-11-22-39/h1-36H/b2-1-,32-14+,34-15+. The fourth-order valence-electron chi connectivity index (χ4n) is 8.82. The normalized spacial score (nSPS) is 16.6. The minimum absolute atomic E-state index is 0.601. The molecule has 9 aromatic rings. The van der Waals surface area contributed by atoms with Gasteiger partial charge in [-0.15, -0.1) is 0 Å². The van der Waals surface area contributed by atoms with Crippen LogP contribution >= 0.6 is 0 Å². The molecule has 1 atom stereocenters. The first-order valence-corrected chi connectivity index (χ1v) is 20.1. The highest BCUT2D eigenvalue weighted by Crippen LogP contribution is 2.57. The molecule has 3 heterocycles. The summed E-state index contributed by atoms with van der Waals surface area (Å²) in [5.41, 5.74) is 13.0. The Balaban J connectivity index is 1.15. The maximum absolute atomic E-state index is 6.44. The Labute approximate surface area is 348 Å². The summed E-state index contributed by atoms with van der Waals surface area (Å²) < 4.78 is 6.44. The summed E-state index contributed by atoms with van der Waals surface area (Å²) in [6, 6.07) is 61.2. The van der Waals surface area contributed by atoms with Crippen molar-refractivity contribution < 1.29 is 4.74 Å². The molecule has 282 valence electrons. The van der Waals surface area contributed by atoms with Crippen LogP contribution in [0, 0.1) is 0 Å². The number of benzene rings is 7. The molecule has 5 heteroatoms. The Kier molecular flexibility index (Phi) is 8.63. The number of ether oxygens (including phenoxy) is 1. The van der Waals surface area contributed by atoms with E-state index in [4.69, 9.17) is 24.7 Å². The van der Waals surface area contributed by atoms with Crippen LogP contribution < -0.4 is 4.74 Å². The Morgan fingerprint density at radius 2 is 0.933 bits per heavy atom. The zero-order chi connectivity index (χ0) is 39.9. The molecule has 2 aliphatic rings. The molecule has 2 aromatic heterocycles. The van der Waals surface area contributed by atoms with Gasteiger partial charge in [0.05, 0.1) is 17.2 Å². The van der Waals surface area contributed by atoms with Crippen LogP contribution in [0.1, 0.15) is 16.7 Å². The predicted molar refractivity (Wildman–Crippen MR) is 242 cm³/mol. The zero-order valence-corrected chi connectivity index (χ0v) is 32.5.